The summed E-state index contributed by atoms with van der Waals surface area (Å²) in [5, 5.41) is 3.71. The zero-order valence-corrected chi connectivity index (χ0v) is 38.5. The van der Waals surface area contributed by atoms with E-state index in [0.29, 0.717) is 5.71 Å². The first-order valence-corrected chi connectivity index (χ1v) is 24.8. The molecule has 0 unspecified atom stereocenters. The van der Waals surface area contributed by atoms with Crippen molar-refractivity contribution in [1.29, 1.82) is 0 Å². The summed E-state index contributed by atoms with van der Waals surface area (Å²) in [6.07, 6.45) is 17.5. The van der Waals surface area contributed by atoms with Crippen molar-refractivity contribution in [3.05, 3.63) is 132 Å². The molecular formula is C52H57IrN3OSi-2. The van der Waals surface area contributed by atoms with E-state index in [1.54, 1.807) is 10.8 Å². The SMILES string of the molecule is CC(C)(C)c1c[c-]c(-c2cc(CC3CCCC3)ccn2)c2oc3nc(-c4ccccc4)ccc3c12.C[Si](C)(C)c1cnc(-c2[c-]cccc2)cc1CC1CCCC1.[Ir]. The monoisotopic (exact) mass is 960 g/mol. The molecule has 2 aliphatic rings. The summed E-state index contributed by atoms with van der Waals surface area (Å²) in [5.74, 6) is 1.68. The fourth-order valence-electron chi connectivity index (χ4n) is 9.11. The maximum atomic E-state index is 6.53. The number of pyridine rings is 3. The Morgan fingerprint density at radius 3 is 2.12 bits per heavy atom. The van der Waals surface area contributed by atoms with E-state index in [0.717, 1.165) is 68.4 Å². The van der Waals surface area contributed by atoms with Gasteiger partial charge in [0.15, 0.2) is 0 Å². The molecule has 0 amide bonds. The number of hydrogen-bond acceptors (Lipinski definition) is 4. The van der Waals surface area contributed by atoms with Gasteiger partial charge in [-0.05, 0) is 70.3 Å². The van der Waals surface area contributed by atoms with E-state index in [1.165, 1.54) is 68.9 Å². The van der Waals surface area contributed by atoms with Crippen LogP contribution in [0.15, 0.2) is 108 Å². The third-order valence-electron chi connectivity index (χ3n) is 12.1. The molecule has 2 aliphatic carbocycles. The van der Waals surface area contributed by atoms with E-state index in [4.69, 9.17) is 19.4 Å². The number of nitrogens with zero attached hydrogens (tertiary/aromatic N) is 3. The van der Waals surface area contributed by atoms with Crippen LogP contribution in [0.1, 0.15) is 88.8 Å². The smallest absolute Gasteiger partial charge is 0.216 e. The average Bonchev–Trinajstić information content (AvgIpc) is 4.00. The van der Waals surface area contributed by atoms with Crippen molar-refractivity contribution < 1.29 is 24.5 Å². The van der Waals surface area contributed by atoms with Gasteiger partial charge < -0.3 is 14.4 Å². The first-order valence-electron chi connectivity index (χ1n) is 21.3. The minimum atomic E-state index is -1.35. The summed E-state index contributed by atoms with van der Waals surface area (Å²) < 4.78 is 6.53. The van der Waals surface area contributed by atoms with Crippen LogP contribution in [0, 0.1) is 24.0 Å². The molecule has 0 bridgehead atoms. The molecule has 2 fully saturated rings. The number of hydrogen-bond donors (Lipinski definition) is 0. The van der Waals surface area contributed by atoms with Crippen LogP contribution in [0.25, 0.3) is 55.8 Å². The van der Waals surface area contributed by atoms with Crippen molar-refractivity contribution in [2.75, 3.05) is 0 Å². The normalized spacial score (nSPS) is 15.1. The van der Waals surface area contributed by atoms with Crippen molar-refractivity contribution in [2.24, 2.45) is 11.8 Å². The zero-order chi connectivity index (χ0) is 39.6. The maximum Gasteiger partial charge on any atom is 0.216 e. The van der Waals surface area contributed by atoms with Crippen molar-refractivity contribution in [1.82, 2.24) is 15.0 Å². The Labute approximate surface area is 360 Å². The minimum Gasteiger partial charge on any atom is -0.486 e. The second-order valence-electron chi connectivity index (χ2n) is 18.6. The molecule has 6 heteroatoms. The summed E-state index contributed by atoms with van der Waals surface area (Å²) in [5.41, 5.74) is 11.6. The molecule has 0 N–H and O–H groups in total. The Bertz CT molecular complexity index is 2450. The van der Waals surface area contributed by atoms with E-state index in [-0.39, 0.29) is 25.5 Å². The Morgan fingerprint density at radius 2 is 1.45 bits per heavy atom. The van der Waals surface area contributed by atoms with Crippen molar-refractivity contribution in [3.8, 4) is 33.8 Å². The number of furan rings is 1. The predicted molar refractivity (Wildman–Crippen MR) is 241 cm³/mol. The summed E-state index contributed by atoms with van der Waals surface area (Å²) in [7, 11) is -1.35. The molecule has 7 aromatic rings. The maximum absolute atomic E-state index is 6.53. The van der Waals surface area contributed by atoms with Gasteiger partial charge in [-0.25, -0.2) is 4.98 Å². The second-order valence-corrected chi connectivity index (χ2v) is 23.6. The van der Waals surface area contributed by atoms with Crippen molar-refractivity contribution in [3.63, 3.8) is 0 Å². The zero-order valence-electron chi connectivity index (χ0n) is 35.1. The Morgan fingerprint density at radius 1 is 0.741 bits per heavy atom. The topological polar surface area (TPSA) is 51.8 Å². The summed E-state index contributed by atoms with van der Waals surface area (Å²) in [6, 6.07) is 38.4. The summed E-state index contributed by atoms with van der Waals surface area (Å²) in [4.78, 5) is 14.4. The third-order valence-corrected chi connectivity index (χ3v) is 14.2. The molecule has 4 aromatic heterocycles. The van der Waals surface area contributed by atoms with Gasteiger partial charge in [-0.3, -0.25) is 0 Å². The van der Waals surface area contributed by atoms with Crippen LogP contribution in [-0.4, -0.2) is 23.0 Å². The van der Waals surface area contributed by atoms with Crippen LogP contribution >= 0.6 is 0 Å². The van der Waals surface area contributed by atoms with Gasteiger partial charge in [0, 0.05) is 43.4 Å². The molecule has 3 aromatic carbocycles. The Kier molecular flexibility index (Phi) is 13.0. The Balaban J connectivity index is 0.000000192. The predicted octanol–water partition coefficient (Wildman–Crippen LogP) is 13.4. The van der Waals surface area contributed by atoms with Gasteiger partial charge in [0.1, 0.15) is 0 Å². The molecule has 58 heavy (non-hydrogen) atoms. The quantitative estimate of drug-likeness (QED) is 0.112. The first-order chi connectivity index (χ1) is 27.5. The first kappa shape index (κ1) is 41.9. The molecule has 0 saturated heterocycles. The van der Waals surface area contributed by atoms with E-state index < -0.39 is 8.07 Å². The van der Waals surface area contributed by atoms with Gasteiger partial charge >= 0.3 is 0 Å². The number of fused-ring (bicyclic) bond motifs is 3. The van der Waals surface area contributed by atoms with E-state index in [9.17, 15) is 0 Å². The fourth-order valence-corrected chi connectivity index (χ4v) is 10.7. The minimum absolute atomic E-state index is 0. The van der Waals surface area contributed by atoms with Gasteiger partial charge in [-0.1, -0.05) is 151 Å². The van der Waals surface area contributed by atoms with Gasteiger partial charge in [0.25, 0.3) is 0 Å². The van der Waals surface area contributed by atoms with Gasteiger partial charge in [-0.2, -0.15) is 0 Å². The van der Waals surface area contributed by atoms with Gasteiger partial charge in [-0.15, -0.1) is 53.6 Å². The molecule has 0 spiro atoms. The van der Waals surface area contributed by atoms with E-state index in [1.807, 2.05) is 36.5 Å². The van der Waals surface area contributed by atoms with Crippen LogP contribution in [-0.2, 0) is 38.4 Å². The third kappa shape index (κ3) is 9.46. The van der Waals surface area contributed by atoms with Crippen molar-refractivity contribution in [2.45, 2.75) is 110 Å². The summed E-state index contributed by atoms with van der Waals surface area (Å²) >= 11 is 0. The summed E-state index contributed by atoms with van der Waals surface area (Å²) in [6.45, 7) is 14.0. The standard InChI is InChI=1S/C32H31N2O.C20H26NSi.Ir/c1-32(2,3)26-15-13-24(28-20-22(17-18-33-28)19-21-9-7-8-10-21)30-29(26)25-14-16-27(34-31(25)35-30)23-11-5-4-6-12-23;1-22(2,3)20-15-21-19(17-11-5-4-6-12-17)14-18(20)13-16-9-7-8-10-16;/h4-6,11-12,14-18,20-21H,7-10,19H2,1-3H3;4-6,11,14-16H,7-10,13H2,1-3H3;/q2*-1;. The van der Waals surface area contributed by atoms with Gasteiger partial charge in [0.05, 0.1) is 19.4 Å². The van der Waals surface area contributed by atoms with E-state index in [2.05, 4.69) is 119 Å². The molecule has 0 atom stereocenters. The van der Waals surface area contributed by atoms with Gasteiger partial charge in [0.2, 0.25) is 5.71 Å². The van der Waals surface area contributed by atoms with Crippen LogP contribution in [0.3, 0.4) is 0 Å². The molecule has 2 saturated carbocycles. The van der Waals surface area contributed by atoms with Crippen LogP contribution < -0.4 is 5.19 Å². The fraction of sp³-hybridized carbons (Fsp3) is 0.365. The number of benzene rings is 3. The molecule has 9 rings (SSSR count). The molecule has 4 nitrogen and oxygen atoms in total. The van der Waals surface area contributed by atoms with E-state index >= 15 is 0 Å². The molecule has 301 valence electrons. The van der Waals surface area contributed by atoms with Crippen molar-refractivity contribution >= 4 is 35.3 Å². The van der Waals surface area contributed by atoms with Crippen LogP contribution in [0.2, 0.25) is 19.6 Å². The number of aromatic nitrogens is 3. The van der Waals surface area contributed by atoms with Crippen LogP contribution in [0.5, 0.6) is 0 Å². The Hall–Kier alpha value is -4.22. The average molecular weight is 960 g/mol. The largest absolute Gasteiger partial charge is 0.486 e. The number of rotatable bonds is 8. The molecular weight excluding hydrogens is 903 g/mol. The molecule has 4 heterocycles. The molecule has 0 aliphatic heterocycles. The molecule has 1 radical (unpaired) electrons. The van der Waals surface area contributed by atoms with Crippen LogP contribution in [0.4, 0.5) is 0 Å². The second kappa shape index (κ2) is 18.0.